The summed E-state index contributed by atoms with van der Waals surface area (Å²) in [6.07, 6.45) is -2.48. The number of aromatic nitrogens is 1. The Morgan fingerprint density at radius 1 is 1.00 bits per heavy atom. The van der Waals surface area contributed by atoms with E-state index in [4.69, 9.17) is 11.6 Å². The molecule has 0 atom stereocenters. The summed E-state index contributed by atoms with van der Waals surface area (Å²) in [6.45, 7) is 0. The minimum absolute atomic E-state index is 0.00831. The summed E-state index contributed by atoms with van der Waals surface area (Å²) in [5.41, 5.74) is -0.432. The second kappa shape index (κ2) is 4.37. The van der Waals surface area contributed by atoms with Crippen molar-refractivity contribution in [2.45, 2.75) is 6.18 Å². The molecule has 0 radical (unpaired) electrons. The average molecular weight is 258 g/mol. The molecule has 0 N–H and O–H groups in total. The van der Waals surface area contributed by atoms with Gasteiger partial charge in [0.25, 0.3) is 0 Å². The molecule has 5 heteroatoms. The highest BCUT2D eigenvalue weighted by Gasteiger charge is 2.35. The van der Waals surface area contributed by atoms with E-state index in [1.54, 1.807) is 30.3 Å². The topological polar surface area (TPSA) is 12.9 Å². The smallest absolute Gasteiger partial charge is 0.263 e. The summed E-state index contributed by atoms with van der Waals surface area (Å²) in [6, 6.07) is 8.21. The minimum atomic E-state index is -4.47. The number of rotatable bonds is 1. The third-order valence-electron chi connectivity index (χ3n) is 2.27. The van der Waals surface area contributed by atoms with Gasteiger partial charge < -0.3 is 0 Å². The van der Waals surface area contributed by atoms with Crippen molar-refractivity contribution in [2.24, 2.45) is 0 Å². The van der Waals surface area contributed by atoms with Crippen LogP contribution in [-0.2, 0) is 6.18 Å². The molecule has 2 aromatic rings. The standard InChI is InChI=1S/C12H7ClF3N/c13-10-7-17-6-9(12(14,15)16)11(10)8-4-2-1-3-5-8/h1-7H. The van der Waals surface area contributed by atoms with Crippen LogP contribution in [0.1, 0.15) is 5.56 Å². The van der Waals surface area contributed by atoms with Gasteiger partial charge in [0.2, 0.25) is 0 Å². The van der Waals surface area contributed by atoms with Crippen molar-refractivity contribution in [3.05, 3.63) is 53.3 Å². The second-order valence-electron chi connectivity index (χ2n) is 3.41. The molecule has 1 nitrogen and oxygen atoms in total. The molecule has 1 heterocycles. The van der Waals surface area contributed by atoms with Gasteiger partial charge in [0.15, 0.2) is 0 Å². The molecule has 0 fully saturated rings. The summed E-state index contributed by atoms with van der Waals surface area (Å²) in [5, 5.41) is -0.00831. The largest absolute Gasteiger partial charge is 0.418 e. The number of nitrogens with zero attached hydrogens (tertiary/aromatic N) is 1. The highest BCUT2D eigenvalue weighted by atomic mass is 35.5. The van der Waals surface area contributed by atoms with E-state index < -0.39 is 11.7 Å². The Labute approximate surface area is 101 Å². The number of hydrogen-bond acceptors (Lipinski definition) is 1. The summed E-state index contributed by atoms with van der Waals surface area (Å²) in [7, 11) is 0. The van der Waals surface area contributed by atoms with E-state index in [0.29, 0.717) is 5.56 Å². The predicted octanol–water partition coefficient (Wildman–Crippen LogP) is 4.42. The van der Waals surface area contributed by atoms with Gasteiger partial charge in [0.1, 0.15) is 0 Å². The van der Waals surface area contributed by atoms with Crippen LogP contribution in [0.3, 0.4) is 0 Å². The molecule has 0 unspecified atom stereocenters. The first-order valence-corrected chi connectivity index (χ1v) is 5.14. The predicted molar refractivity (Wildman–Crippen MR) is 59.7 cm³/mol. The maximum absolute atomic E-state index is 12.8. The number of halogens is 4. The Bertz CT molecular complexity index is 523. The fourth-order valence-corrected chi connectivity index (χ4v) is 1.82. The van der Waals surface area contributed by atoms with Crippen LogP contribution >= 0.6 is 11.6 Å². The summed E-state index contributed by atoms with van der Waals surface area (Å²) in [4.78, 5) is 3.48. The van der Waals surface area contributed by atoms with Crippen molar-refractivity contribution in [3.8, 4) is 11.1 Å². The lowest BCUT2D eigenvalue weighted by Gasteiger charge is -2.13. The molecule has 0 aliphatic carbocycles. The first kappa shape index (κ1) is 11.9. The molecular formula is C12H7ClF3N. The zero-order chi connectivity index (χ0) is 12.5. The Morgan fingerprint density at radius 3 is 2.24 bits per heavy atom. The average Bonchev–Trinajstić information content (AvgIpc) is 2.28. The maximum atomic E-state index is 12.8. The maximum Gasteiger partial charge on any atom is 0.418 e. The Balaban J connectivity index is 2.69. The lowest BCUT2D eigenvalue weighted by molar-refractivity contribution is -0.137. The van der Waals surface area contributed by atoms with Gasteiger partial charge in [0, 0.05) is 18.0 Å². The van der Waals surface area contributed by atoms with E-state index in [1.807, 2.05) is 0 Å². The van der Waals surface area contributed by atoms with E-state index in [-0.39, 0.29) is 10.6 Å². The van der Waals surface area contributed by atoms with Crippen molar-refractivity contribution >= 4 is 11.6 Å². The highest BCUT2D eigenvalue weighted by molar-refractivity contribution is 6.33. The zero-order valence-electron chi connectivity index (χ0n) is 8.50. The molecule has 0 bridgehead atoms. The van der Waals surface area contributed by atoms with E-state index in [2.05, 4.69) is 4.98 Å². The molecule has 0 saturated heterocycles. The lowest BCUT2D eigenvalue weighted by Crippen LogP contribution is -2.08. The number of alkyl halides is 3. The number of hydrogen-bond donors (Lipinski definition) is 0. The van der Waals surface area contributed by atoms with Crippen molar-refractivity contribution in [1.29, 1.82) is 0 Å². The van der Waals surface area contributed by atoms with Crippen molar-refractivity contribution in [1.82, 2.24) is 4.98 Å². The van der Waals surface area contributed by atoms with Gasteiger partial charge in [-0.3, -0.25) is 4.98 Å². The lowest BCUT2D eigenvalue weighted by atomic mass is 10.0. The molecule has 0 spiro atoms. The van der Waals surface area contributed by atoms with Gasteiger partial charge in [-0.05, 0) is 5.56 Å². The number of pyridine rings is 1. The van der Waals surface area contributed by atoms with Crippen LogP contribution in [-0.4, -0.2) is 4.98 Å². The highest BCUT2D eigenvalue weighted by Crippen LogP contribution is 2.39. The molecule has 17 heavy (non-hydrogen) atoms. The van der Waals surface area contributed by atoms with Crippen LogP contribution in [0.25, 0.3) is 11.1 Å². The van der Waals surface area contributed by atoms with Crippen molar-refractivity contribution in [3.63, 3.8) is 0 Å². The molecule has 1 aromatic carbocycles. The fraction of sp³-hybridized carbons (Fsp3) is 0.0833. The monoisotopic (exact) mass is 257 g/mol. The van der Waals surface area contributed by atoms with Crippen LogP contribution in [0.5, 0.6) is 0 Å². The first-order chi connectivity index (χ1) is 8.00. The Kier molecular flexibility index (Phi) is 3.07. The van der Waals surface area contributed by atoms with Gasteiger partial charge in [-0.25, -0.2) is 0 Å². The van der Waals surface area contributed by atoms with Crippen molar-refractivity contribution < 1.29 is 13.2 Å². The molecular weight excluding hydrogens is 251 g/mol. The van der Waals surface area contributed by atoms with Crippen LogP contribution < -0.4 is 0 Å². The molecule has 2 rings (SSSR count). The SMILES string of the molecule is FC(F)(F)c1cncc(Cl)c1-c1ccccc1. The summed E-state index contributed by atoms with van der Waals surface area (Å²) >= 11 is 5.81. The fourth-order valence-electron chi connectivity index (χ4n) is 1.55. The Morgan fingerprint density at radius 2 is 1.65 bits per heavy atom. The minimum Gasteiger partial charge on any atom is -0.263 e. The third-order valence-corrected chi connectivity index (χ3v) is 2.55. The first-order valence-electron chi connectivity index (χ1n) is 4.76. The molecule has 88 valence electrons. The molecule has 1 aromatic heterocycles. The van der Waals surface area contributed by atoms with Gasteiger partial charge in [-0.15, -0.1) is 0 Å². The Hall–Kier alpha value is -1.55. The van der Waals surface area contributed by atoms with Crippen LogP contribution in [0.15, 0.2) is 42.7 Å². The summed E-state index contributed by atoms with van der Waals surface area (Å²) < 4.78 is 38.4. The second-order valence-corrected chi connectivity index (χ2v) is 3.81. The van der Waals surface area contributed by atoms with Gasteiger partial charge in [-0.1, -0.05) is 41.9 Å². The third kappa shape index (κ3) is 2.42. The van der Waals surface area contributed by atoms with Crippen molar-refractivity contribution in [2.75, 3.05) is 0 Å². The number of benzene rings is 1. The van der Waals surface area contributed by atoms with Crippen LogP contribution in [0.4, 0.5) is 13.2 Å². The summed E-state index contributed by atoms with van der Waals surface area (Å²) in [5.74, 6) is 0. The molecule has 0 saturated carbocycles. The van der Waals surface area contributed by atoms with Gasteiger partial charge >= 0.3 is 6.18 Å². The van der Waals surface area contributed by atoms with Crippen LogP contribution in [0, 0.1) is 0 Å². The quantitative estimate of drug-likeness (QED) is 0.737. The van der Waals surface area contributed by atoms with Gasteiger partial charge in [0.05, 0.1) is 10.6 Å². The van der Waals surface area contributed by atoms with Gasteiger partial charge in [-0.2, -0.15) is 13.2 Å². The van der Waals surface area contributed by atoms with Crippen LogP contribution in [0.2, 0.25) is 5.02 Å². The van der Waals surface area contributed by atoms with E-state index in [9.17, 15) is 13.2 Å². The zero-order valence-corrected chi connectivity index (χ0v) is 9.26. The molecule has 0 amide bonds. The van der Waals surface area contributed by atoms with E-state index >= 15 is 0 Å². The van der Waals surface area contributed by atoms with E-state index in [0.717, 1.165) is 6.20 Å². The normalized spacial score (nSPS) is 11.5. The van der Waals surface area contributed by atoms with E-state index in [1.165, 1.54) is 6.20 Å². The molecule has 0 aliphatic rings. The molecule has 0 aliphatic heterocycles.